The van der Waals surface area contributed by atoms with Gasteiger partial charge in [-0.05, 0) is 81.6 Å². The molecule has 3 heterocycles. The number of carbonyl (C=O) groups excluding carboxylic acids is 1. The quantitative estimate of drug-likeness (QED) is 0.107. The molecule has 47 heavy (non-hydrogen) atoms. The Kier molecular flexibility index (Phi) is 10.3. The second kappa shape index (κ2) is 15.0. The monoisotopic (exact) mass is 638 g/mol. The Hall–Kier alpha value is -4.48. The molecular formula is C36H46N8O3. The number of nitrogens with zero attached hydrogens (tertiary/aromatic N) is 5. The molecule has 11 heteroatoms. The smallest absolute Gasteiger partial charge is 0.257 e. The summed E-state index contributed by atoms with van der Waals surface area (Å²) in [5.74, 6) is 0.427. The lowest BCUT2D eigenvalue weighted by molar-refractivity contribution is -0.117. The fraction of sp³-hybridized carbons (Fsp3) is 0.444. The van der Waals surface area contributed by atoms with Gasteiger partial charge in [0.15, 0.2) is 5.65 Å². The van der Waals surface area contributed by atoms with Crippen LogP contribution < -0.4 is 26.8 Å². The molecule has 2 aliphatic rings. The van der Waals surface area contributed by atoms with Crippen molar-refractivity contribution in [3.63, 3.8) is 0 Å². The number of carbonyl (C=O) groups is 1. The number of rotatable bonds is 14. The predicted octanol–water partition coefficient (Wildman–Crippen LogP) is 5.31. The molecule has 2 aromatic heterocycles. The molecule has 2 aromatic carbocycles. The van der Waals surface area contributed by atoms with Crippen LogP contribution in [0.3, 0.4) is 0 Å². The van der Waals surface area contributed by atoms with Crippen LogP contribution in [0.15, 0.2) is 59.5 Å². The molecule has 248 valence electrons. The molecule has 0 unspecified atom stereocenters. The zero-order valence-corrected chi connectivity index (χ0v) is 27.3. The molecule has 0 spiro atoms. The standard InChI is InChI=1S/C36H46N8O3/c1-25-21-33(46)44(29-10-8-9-27(22-29)39-35(47)26-11-12-26)34-30(25)24-38-36(41-34)40-31-14-13-28(23-32(31)45)43-19-17-42(18-20-43)16-7-5-3-2-4-6-15-37/h8-10,13-14,21-24,26,45H,2-7,11-12,15-20,37H2,1H3,(H,39,47)(H,38,40,41). The number of nitrogens with two attached hydrogens (primary N) is 1. The van der Waals surface area contributed by atoms with Crippen molar-refractivity contribution in [1.82, 2.24) is 19.4 Å². The summed E-state index contributed by atoms with van der Waals surface area (Å²) < 4.78 is 1.52. The van der Waals surface area contributed by atoms with Crippen LogP contribution in [0.2, 0.25) is 0 Å². The maximum absolute atomic E-state index is 13.3. The molecule has 1 amide bonds. The average Bonchev–Trinajstić information content (AvgIpc) is 3.92. The number of unbranched alkanes of at least 4 members (excludes halogenated alkanes) is 5. The molecule has 5 N–H and O–H groups in total. The zero-order valence-electron chi connectivity index (χ0n) is 27.3. The normalized spacial score (nSPS) is 15.2. The van der Waals surface area contributed by atoms with E-state index in [1.807, 2.05) is 37.3 Å². The maximum atomic E-state index is 13.3. The summed E-state index contributed by atoms with van der Waals surface area (Å²) in [6.45, 7) is 7.64. The highest BCUT2D eigenvalue weighted by Gasteiger charge is 2.29. The van der Waals surface area contributed by atoms with Gasteiger partial charge in [-0.2, -0.15) is 4.98 Å². The topological polar surface area (TPSA) is 142 Å². The minimum Gasteiger partial charge on any atom is -0.506 e. The fourth-order valence-corrected chi connectivity index (χ4v) is 6.24. The van der Waals surface area contributed by atoms with E-state index < -0.39 is 0 Å². The number of benzene rings is 2. The van der Waals surface area contributed by atoms with Gasteiger partial charge in [-0.1, -0.05) is 31.7 Å². The maximum Gasteiger partial charge on any atom is 0.257 e. The first kappa shape index (κ1) is 32.5. The summed E-state index contributed by atoms with van der Waals surface area (Å²) in [6.07, 6.45) is 11.0. The molecule has 0 radical (unpaired) electrons. The van der Waals surface area contributed by atoms with Gasteiger partial charge in [-0.15, -0.1) is 0 Å². The summed E-state index contributed by atoms with van der Waals surface area (Å²) in [4.78, 5) is 39.7. The van der Waals surface area contributed by atoms with Crippen LogP contribution in [-0.4, -0.2) is 69.7 Å². The Morgan fingerprint density at radius 3 is 2.47 bits per heavy atom. The lowest BCUT2D eigenvalue weighted by Crippen LogP contribution is -2.46. The van der Waals surface area contributed by atoms with Crippen molar-refractivity contribution in [2.24, 2.45) is 11.7 Å². The third-order valence-electron chi connectivity index (χ3n) is 9.18. The van der Waals surface area contributed by atoms with Crippen molar-refractivity contribution in [2.45, 2.75) is 58.3 Å². The number of phenols is 1. The van der Waals surface area contributed by atoms with Crippen LogP contribution in [0.5, 0.6) is 5.75 Å². The first-order valence-corrected chi connectivity index (χ1v) is 17.0. The zero-order chi connectivity index (χ0) is 32.8. The second-order valence-corrected chi connectivity index (χ2v) is 12.8. The molecule has 4 aromatic rings. The van der Waals surface area contributed by atoms with Crippen LogP contribution in [0.25, 0.3) is 16.7 Å². The van der Waals surface area contributed by atoms with Crippen LogP contribution in [0, 0.1) is 12.8 Å². The Labute approximate surface area is 275 Å². The Balaban J connectivity index is 1.12. The van der Waals surface area contributed by atoms with Gasteiger partial charge < -0.3 is 26.4 Å². The van der Waals surface area contributed by atoms with Crippen LogP contribution in [0.4, 0.5) is 23.0 Å². The van der Waals surface area contributed by atoms with Gasteiger partial charge in [0.1, 0.15) is 5.75 Å². The summed E-state index contributed by atoms with van der Waals surface area (Å²) in [7, 11) is 0. The van der Waals surface area contributed by atoms with E-state index in [1.54, 1.807) is 24.4 Å². The van der Waals surface area contributed by atoms with E-state index in [4.69, 9.17) is 10.7 Å². The van der Waals surface area contributed by atoms with Gasteiger partial charge >= 0.3 is 0 Å². The molecular weight excluding hydrogens is 592 g/mol. The van der Waals surface area contributed by atoms with Crippen molar-refractivity contribution in [2.75, 3.05) is 54.8 Å². The molecule has 11 nitrogen and oxygen atoms in total. The van der Waals surface area contributed by atoms with Gasteiger partial charge in [0.25, 0.3) is 5.56 Å². The van der Waals surface area contributed by atoms with E-state index >= 15 is 0 Å². The van der Waals surface area contributed by atoms with Crippen LogP contribution >= 0.6 is 0 Å². The number of nitrogens with one attached hydrogen (secondary N) is 2. The first-order valence-electron chi connectivity index (χ1n) is 17.0. The van der Waals surface area contributed by atoms with E-state index in [-0.39, 0.29) is 29.1 Å². The number of fused-ring (bicyclic) bond motifs is 1. The van der Waals surface area contributed by atoms with Crippen molar-refractivity contribution in [1.29, 1.82) is 0 Å². The highest BCUT2D eigenvalue weighted by atomic mass is 16.3. The summed E-state index contributed by atoms with van der Waals surface area (Å²) >= 11 is 0. The van der Waals surface area contributed by atoms with Gasteiger partial charge in [0.05, 0.1) is 11.4 Å². The minimum atomic E-state index is -0.240. The Morgan fingerprint density at radius 2 is 1.72 bits per heavy atom. The number of aromatic hydroxyl groups is 1. The molecule has 1 saturated carbocycles. The van der Waals surface area contributed by atoms with E-state index in [0.717, 1.165) is 75.2 Å². The van der Waals surface area contributed by atoms with E-state index in [2.05, 4.69) is 25.4 Å². The number of aryl methyl sites for hydroxylation is 1. The van der Waals surface area contributed by atoms with Crippen molar-refractivity contribution in [3.05, 3.63) is 70.6 Å². The van der Waals surface area contributed by atoms with E-state index in [0.29, 0.717) is 22.7 Å². The largest absolute Gasteiger partial charge is 0.506 e. The molecule has 0 bridgehead atoms. The van der Waals surface area contributed by atoms with Gasteiger partial charge in [0, 0.05) is 67.2 Å². The number of hydrogen-bond acceptors (Lipinski definition) is 9. The summed E-state index contributed by atoms with van der Waals surface area (Å²) in [6, 6.07) is 14.4. The number of piperazine rings is 1. The van der Waals surface area contributed by atoms with Gasteiger partial charge in [0.2, 0.25) is 11.9 Å². The van der Waals surface area contributed by atoms with Crippen LogP contribution in [-0.2, 0) is 4.79 Å². The lowest BCUT2D eigenvalue weighted by Gasteiger charge is -2.36. The van der Waals surface area contributed by atoms with Crippen molar-refractivity contribution < 1.29 is 9.90 Å². The summed E-state index contributed by atoms with van der Waals surface area (Å²) in [5.41, 5.74) is 9.20. The molecule has 1 saturated heterocycles. The third kappa shape index (κ3) is 8.09. The third-order valence-corrected chi connectivity index (χ3v) is 9.18. The second-order valence-electron chi connectivity index (χ2n) is 12.8. The SMILES string of the molecule is Cc1cc(=O)n(-c2cccc(NC(=O)C3CC3)c2)c2nc(Nc3ccc(N4CCN(CCCCCCCCN)CC4)cc3O)ncc12. The number of amides is 1. The van der Waals surface area contributed by atoms with E-state index in [9.17, 15) is 14.7 Å². The molecule has 2 fully saturated rings. The number of pyridine rings is 1. The number of aromatic nitrogens is 3. The fourth-order valence-electron chi connectivity index (χ4n) is 6.24. The predicted molar refractivity (Wildman–Crippen MR) is 188 cm³/mol. The van der Waals surface area contributed by atoms with Crippen molar-refractivity contribution >= 4 is 40.0 Å². The first-order chi connectivity index (χ1) is 22.9. The molecule has 1 aliphatic carbocycles. The Morgan fingerprint density at radius 1 is 0.957 bits per heavy atom. The minimum absolute atomic E-state index is 0.000924. The molecule has 0 atom stereocenters. The van der Waals surface area contributed by atoms with Gasteiger partial charge in [-0.25, -0.2) is 4.98 Å². The average molecular weight is 639 g/mol. The Bertz CT molecular complexity index is 1760. The van der Waals surface area contributed by atoms with Crippen molar-refractivity contribution in [3.8, 4) is 11.4 Å². The summed E-state index contributed by atoms with van der Waals surface area (Å²) in [5, 5.41) is 17.8. The van der Waals surface area contributed by atoms with Gasteiger partial charge in [-0.3, -0.25) is 19.1 Å². The number of hydrogen-bond donors (Lipinski definition) is 4. The highest BCUT2D eigenvalue weighted by molar-refractivity contribution is 5.94. The van der Waals surface area contributed by atoms with E-state index in [1.165, 1.54) is 36.7 Å². The number of phenolic OH excluding ortho intramolecular Hbond substituents is 1. The number of anilines is 4. The highest BCUT2D eigenvalue weighted by Crippen LogP contribution is 2.32. The van der Waals surface area contributed by atoms with Crippen LogP contribution in [0.1, 0.15) is 56.9 Å². The molecule has 1 aliphatic heterocycles. The lowest BCUT2D eigenvalue weighted by atomic mass is 10.1. The molecule has 6 rings (SSSR count).